The average molecular weight is 286 g/mol. The van der Waals surface area contributed by atoms with E-state index in [-0.39, 0.29) is 17.7 Å². The lowest BCUT2D eigenvalue weighted by molar-refractivity contribution is -0.130. The van der Waals surface area contributed by atoms with Crippen LogP contribution in [-0.2, 0) is 9.59 Å². The highest BCUT2D eigenvalue weighted by molar-refractivity contribution is 5.98. The van der Waals surface area contributed by atoms with Crippen molar-refractivity contribution in [3.8, 4) is 0 Å². The van der Waals surface area contributed by atoms with Crippen LogP contribution in [0.2, 0.25) is 0 Å². The Morgan fingerprint density at radius 1 is 1.19 bits per heavy atom. The summed E-state index contributed by atoms with van der Waals surface area (Å²) in [6.45, 7) is 0.597. The van der Waals surface area contributed by atoms with Crippen molar-refractivity contribution in [1.29, 1.82) is 0 Å². The Kier molecular flexibility index (Phi) is 3.95. The van der Waals surface area contributed by atoms with E-state index in [1.807, 2.05) is 35.2 Å². The number of likely N-dealkylation sites (tertiary alicyclic amines) is 1. The van der Waals surface area contributed by atoms with Gasteiger partial charge in [0.05, 0.1) is 5.92 Å². The van der Waals surface area contributed by atoms with Gasteiger partial charge in [0.25, 0.3) is 0 Å². The predicted octanol–water partition coefficient (Wildman–Crippen LogP) is 2.44. The molecule has 1 saturated carbocycles. The van der Waals surface area contributed by atoms with Crippen LogP contribution < -0.4 is 4.90 Å². The molecular weight excluding hydrogens is 264 g/mol. The third-order valence-electron chi connectivity index (χ3n) is 4.75. The minimum Gasteiger partial charge on any atom is -0.339 e. The van der Waals surface area contributed by atoms with Crippen molar-refractivity contribution < 1.29 is 9.59 Å². The Morgan fingerprint density at radius 3 is 2.52 bits per heavy atom. The van der Waals surface area contributed by atoms with Crippen molar-refractivity contribution in [3.63, 3.8) is 0 Å². The van der Waals surface area contributed by atoms with Gasteiger partial charge in [-0.2, -0.15) is 0 Å². The zero-order valence-corrected chi connectivity index (χ0v) is 12.5. The largest absolute Gasteiger partial charge is 0.339 e. The van der Waals surface area contributed by atoms with Gasteiger partial charge in [-0.15, -0.1) is 0 Å². The van der Waals surface area contributed by atoms with Crippen LogP contribution in [0.1, 0.15) is 32.1 Å². The number of amides is 2. The van der Waals surface area contributed by atoms with Crippen molar-refractivity contribution in [3.05, 3.63) is 30.3 Å². The van der Waals surface area contributed by atoms with Gasteiger partial charge in [0.1, 0.15) is 0 Å². The van der Waals surface area contributed by atoms with Crippen molar-refractivity contribution in [1.82, 2.24) is 4.90 Å². The molecule has 1 aliphatic carbocycles. The van der Waals surface area contributed by atoms with E-state index >= 15 is 0 Å². The number of carbonyl (C=O) groups is 2. The number of rotatable bonds is 3. The molecule has 1 saturated heterocycles. The van der Waals surface area contributed by atoms with Crippen LogP contribution in [0.4, 0.5) is 5.69 Å². The second kappa shape index (κ2) is 5.88. The van der Waals surface area contributed by atoms with Crippen molar-refractivity contribution in [2.75, 3.05) is 18.5 Å². The molecule has 0 aromatic heterocycles. The zero-order chi connectivity index (χ0) is 14.8. The van der Waals surface area contributed by atoms with Crippen molar-refractivity contribution in [2.24, 2.45) is 5.92 Å². The summed E-state index contributed by atoms with van der Waals surface area (Å²) in [6, 6.07) is 9.99. The Balaban J connectivity index is 1.67. The molecule has 112 valence electrons. The van der Waals surface area contributed by atoms with E-state index in [0.717, 1.165) is 18.5 Å². The fourth-order valence-corrected chi connectivity index (χ4v) is 3.52. The second-order valence-electron chi connectivity index (χ2n) is 6.12. The number of carbonyl (C=O) groups excluding carboxylic acids is 2. The van der Waals surface area contributed by atoms with Gasteiger partial charge in [-0.3, -0.25) is 9.59 Å². The first-order valence-electron chi connectivity index (χ1n) is 7.79. The van der Waals surface area contributed by atoms with Crippen LogP contribution in [0.5, 0.6) is 0 Å². The molecule has 0 N–H and O–H groups in total. The third-order valence-corrected chi connectivity index (χ3v) is 4.75. The van der Waals surface area contributed by atoms with Crippen LogP contribution in [0.3, 0.4) is 0 Å². The monoisotopic (exact) mass is 286 g/mol. The Bertz CT molecular complexity index is 523. The van der Waals surface area contributed by atoms with Gasteiger partial charge in [0.15, 0.2) is 0 Å². The Morgan fingerprint density at radius 2 is 1.86 bits per heavy atom. The quantitative estimate of drug-likeness (QED) is 0.856. The van der Waals surface area contributed by atoms with E-state index in [1.165, 1.54) is 12.8 Å². The van der Waals surface area contributed by atoms with Gasteiger partial charge in [-0.05, 0) is 25.0 Å². The number of hydrogen-bond acceptors (Lipinski definition) is 2. The number of hydrogen-bond donors (Lipinski definition) is 0. The normalized spacial score (nSPS) is 22.8. The van der Waals surface area contributed by atoms with Crippen LogP contribution in [0, 0.1) is 5.92 Å². The fraction of sp³-hybridized carbons (Fsp3) is 0.529. The molecule has 1 unspecified atom stereocenters. The second-order valence-corrected chi connectivity index (χ2v) is 6.12. The standard InChI is InChI=1S/C17H22N2O2/c1-18(14-7-3-2-4-8-14)17(21)13-11-16(20)19(12-13)15-9-5-6-10-15/h2-4,7-8,13,15H,5-6,9-12H2,1H3. The molecule has 21 heavy (non-hydrogen) atoms. The van der Waals surface area contributed by atoms with Gasteiger partial charge >= 0.3 is 0 Å². The minimum absolute atomic E-state index is 0.0510. The lowest BCUT2D eigenvalue weighted by Crippen LogP contribution is -2.37. The van der Waals surface area contributed by atoms with E-state index in [4.69, 9.17) is 0 Å². The first-order chi connectivity index (χ1) is 10.2. The van der Waals surface area contributed by atoms with Crippen LogP contribution in [0.15, 0.2) is 30.3 Å². The molecule has 1 atom stereocenters. The van der Waals surface area contributed by atoms with Gasteiger partial charge in [-0.25, -0.2) is 0 Å². The SMILES string of the molecule is CN(C(=O)C1CC(=O)N(C2CCCC2)C1)c1ccccc1. The summed E-state index contributed by atoms with van der Waals surface area (Å²) < 4.78 is 0. The molecular formula is C17H22N2O2. The van der Waals surface area contributed by atoms with E-state index in [1.54, 1.807) is 11.9 Å². The molecule has 1 aliphatic heterocycles. The van der Waals surface area contributed by atoms with Crippen LogP contribution in [-0.4, -0.2) is 36.3 Å². The zero-order valence-electron chi connectivity index (χ0n) is 12.5. The molecule has 1 aromatic carbocycles. The van der Waals surface area contributed by atoms with E-state index in [9.17, 15) is 9.59 Å². The molecule has 0 spiro atoms. The van der Waals surface area contributed by atoms with E-state index in [0.29, 0.717) is 19.0 Å². The Labute approximate surface area is 125 Å². The fourth-order valence-electron chi connectivity index (χ4n) is 3.52. The molecule has 0 bridgehead atoms. The molecule has 3 rings (SSSR count). The smallest absolute Gasteiger partial charge is 0.232 e. The van der Waals surface area contributed by atoms with Crippen LogP contribution in [0.25, 0.3) is 0 Å². The molecule has 2 aliphatic rings. The maximum absolute atomic E-state index is 12.6. The maximum Gasteiger partial charge on any atom is 0.232 e. The number of anilines is 1. The summed E-state index contributed by atoms with van der Waals surface area (Å²) in [5.74, 6) is 0.0139. The van der Waals surface area contributed by atoms with E-state index < -0.39 is 0 Å². The van der Waals surface area contributed by atoms with Gasteiger partial charge in [0.2, 0.25) is 11.8 Å². The molecule has 1 aromatic rings. The molecule has 0 radical (unpaired) electrons. The first kappa shape index (κ1) is 14.1. The highest BCUT2D eigenvalue weighted by Crippen LogP contribution is 2.30. The first-order valence-corrected chi connectivity index (χ1v) is 7.79. The van der Waals surface area contributed by atoms with Gasteiger partial charge < -0.3 is 9.80 Å². The van der Waals surface area contributed by atoms with E-state index in [2.05, 4.69) is 0 Å². The summed E-state index contributed by atoms with van der Waals surface area (Å²) in [4.78, 5) is 28.4. The van der Waals surface area contributed by atoms with Gasteiger partial charge in [0, 0.05) is 31.7 Å². The molecule has 1 heterocycles. The molecule has 4 heteroatoms. The summed E-state index contributed by atoms with van der Waals surface area (Å²) in [5.41, 5.74) is 0.884. The molecule has 2 fully saturated rings. The lowest BCUT2D eigenvalue weighted by atomic mass is 10.1. The average Bonchev–Trinajstić information content (AvgIpc) is 3.15. The predicted molar refractivity (Wildman–Crippen MR) is 81.9 cm³/mol. The Hall–Kier alpha value is -1.84. The maximum atomic E-state index is 12.6. The summed E-state index contributed by atoms with van der Waals surface area (Å²) >= 11 is 0. The summed E-state index contributed by atoms with van der Waals surface area (Å²) in [6.07, 6.45) is 4.98. The van der Waals surface area contributed by atoms with Gasteiger partial charge in [-0.1, -0.05) is 31.0 Å². The number of para-hydroxylation sites is 1. The topological polar surface area (TPSA) is 40.6 Å². The highest BCUT2D eigenvalue weighted by atomic mass is 16.2. The van der Waals surface area contributed by atoms with Crippen molar-refractivity contribution >= 4 is 17.5 Å². The molecule has 4 nitrogen and oxygen atoms in total. The number of benzene rings is 1. The third kappa shape index (κ3) is 2.80. The summed E-state index contributed by atoms with van der Waals surface area (Å²) in [5, 5.41) is 0. The van der Waals surface area contributed by atoms with Crippen LogP contribution >= 0.6 is 0 Å². The number of nitrogens with zero attached hydrogens (tertiary/aromatic N) is 2. The molecule has 2 amide bonds. The summed E-state index contributed by atoms with van der Waals surface area (Å²) in [7, 11) is 1.79. The highest BCUT2D eigenvalue weighted by Gasteiger charge is 2.39. The van der Waals surface area contributed by atoms with Crippen molar-refractivity contribution in [2.45, 2.75) is 38.1 Å². The lowest BCUT2D eigenvalue weighted by Gasteiger charge is -2.25. The minimum atomic E-state index is -0.191.